The zero-order valence-corrected chi connectivity index (χ0v) is 11.4. The Kier molecular flexibility index (Phi) is 4.45. The van der Waals surface area contributed by atoms with E-state index in [-0.39, 0.29) is 5.54 Å². The van der Waals surface area contributed by atoms with Gasteiger partial charge in [0.05, 0.1) is 0 Å². The second kappa shape index (κ2) is 5.68. The monoisotopic (exact) mass is 240 g/mol. The van der Waals surface area contributed by atoms with Crippen molar-refractivity contribution in [1.29, 1.82) is 0 Å². The van der Waals surface area contributed by atoms with Crippen LogP contribution in [0.25, 0.3) is 0 Å². The molecule has 0 heterocycles. The third kappa shape index (κ3) is 3.94. The maximum Gasteiger partial charge on any atom is 0.0480 e. The minimum absolute atomic E-state index is 0.0536. The molecule has 1 atom stereocenters. The van der Waals surface area contributed by atoms with Gasteiger partial charge in [-0.25, -0.2) is 0 Å². The zero-order chi connectivity index (χ0) is 12.3. The molecule has 0 spiro atoms. The molecule has 0 bridgehead atoms. The van der Waals surface area contributed by atoms with Gasteiger partial charge in [-0.05, 0) is 63.3 Å². The third-order valence-electron chi connectivity index (χ3n) is 4.53. The molecule has 2 fully saturated rings. The number of nitrogens with two attached hydrogens (primary N) is 1. The van der Waals surface area contributed by atoms with Gasteiger partial charge in [0.2, 0.25) is 0 Å². The molecule has 0 aromatic heterocycles. The fourth-order valence-corrected chi connectivity index (χ4v) is 2.72. The van der Waals surface area contributed by atoms with E-state index in [4.69, 9.17) is 10.5 Å². The summed E-state index contributed by atoms with van der Waals surface area (Å²) in [7, 11) is 1.76. The minimum Gasteiger partial charge on any atom is -0.385 e. The fourth-order valence-electron chi connectivity index (χ4n) is 2.72. The molecule has 3 N–H and O–H groups in total. The molecule has 2 aliphatic rings. The van der Waals surface area contributed by atoms with Crippen LogP contribution in [0.15, 0.2) is 0 Å². The maximum atomic E-state index is 5.90. The first-order chi connectivity index (χ1) is 8.18. The number of hydrogen-bond acceptors (Lipinski definition) is 3. The van der Waals surface area contributed by atoms with Crippen molar-refractivity contribution in [2.75, 3.05) is 26.8 Å². The first kappa shape index (κ1) is 13.3. The second-order valence-electron chi connectivity index (χ2n) is 6.23. The van der Waals surface area contributed by atoms with Crippen LogP contribution in [0.3, 0.4) is 0 Å². The summed E-state index contributed by atoms with van der Waals surface area (Å²) in [5, 5.41) is 3.72. The van der Waals surface area contributed by atoms with Crippen molar-refractivity contribution < 1.29 is 4.74 Å². The lowest BCUT2D eigenvalue weighted by atomic mass is 9.93. The van der Waals surface area contributed by atoms with Crippen LogP contribution in [0.5, 0.6) is 0 Å². The fraction of sp³-hybridized carbons (Fsp3) is 1.00. The molecule has 1 unspecified atom stereocenters. The molecule has 0 aromatic carbocycles. The molecule has 0 aliphatic heterocycles. The van der Waals surface area contributed by atoms with Gasteiger partial charge in [-0.3, -0.25) is 0 Å². The summed E-state index contributed by atoms with van der Waals surface area (Å²) in [6.07, 6.45) is 6.84. The number of methoxy groups -OCH3 is 1. The van der Waals surface area contributed by atoms with E-state index in [1.807, 2.05) is 0 Å². The van der Waals surface area contributed by atoms with Gasteiger partial charge in [0, 0.05) is 25.8 Å². The molecular formula is C14H28N2O. The van der Waals surface area contributed by atoms with Gasteiger partial charge in [0.1, 0.15) is 0 Å². The Balaban J connectivity index is 1.76. The predicted octanol–water partition coefficient (Wildman–Crippen LogP) is 1.77. The predicted molar refractivity (Wildman–Crippen MR) is 70.9 cm³/mol. The molecule has 100 valence electrons. The maximum absolute atomic E-state index is 5.90. The Labute approximate surface area is 105 Å². The van der Waals surface area contributed by atoms with Crippen LogP contribution >= 0.6 is 0 Å². The zero-order valence-electron chi connectivity index (χ0n) is 11.4. The van der Waals surface area contributed by atoms with Crippen LogP contribution in [0.4, 0.5) is 0 Å². The minimum atomic E-state index is 0.0536. The highest BCUT2D eigenvalue weighted by Gasteiger charge is 2.41. The topological polar surface area (TPSA) is 47.3 Å². The van der Waals surface area contributed by atoms with Crippen molar-refractivity contribution >= 4 is 0 Å². The van der Waals surface area contributed by atoms with Gasteiger partial charge < -0.3 is 15.8 Å². The lowest BCUT2D eigenvalue weighted by Gasteiger charge is -2.31. The average molecular weight is 240 g/mol. The van der Waals surface area contributed by atoms with E-state index in [2.05, 4.69) is 12.2 Å². The Morgan fingerprint density at radius 1 is 1.29 bits per heavy atom. The Morgan fingerprint density at radius 3 is 2.29 bits per heavy atom. The molecule has 17 heavy (non-hydrogen) atoms. The molecule has 3 nitrogen and oxygen atoms in total. The lowest BCUT2D eigenvalue weighted by Crippen LogP contribution is -2.51. The van der Waals surface area contributed by atoms with Gasteiger partial charge >= 0.3 is 0 Å². The van der Waals surface area contributed by atoms with E-state index in [9.17, 15) is 0 Å². The SMILES string of the molecule is COCCC(C)(CN)NCC(C1CC1)C1CC1. The van der Waals surface area contributed by atoms with Gasteiger partial charge in [-0.1, -0.05) is 0 Å². The Morgan fingerprint density at radius 2 is 1.88 bits per heavy atom. The van der Waals surface area contributed by atoms with Gasteiger partial charge in [0.25, 0.3) is 0 Å². The van der Waals surface area contributed by atoms with Crippen LogP contribution in [-0.4, -0.2) is 32.3 Å². The molecule has 3 heteroatoms. The first-order valence-corrected chi connectivity index (χ1v) is 7.12. The second-order valence-corrected chi connectivity index (χ2v) is 6.23. The van der Waals surface area contributed by atoms with Crippen molar-refractivity contribution in [2.45, 2.75) is 44.6 Å². The highest BCUT2D eigenvalue weighted by atomic mass is 16.5. The molecule has 0 radical (unpaired) electrons. The van der Waals surface area contributed by atoms with E-state index in [0.717, 1.165) is 37.3 Å². The van der Waals surface area contributed by atoms with Crippen molar-refractivity contribution in [3.05, 3.63) is 0 Å². The number of rotatable bonds is 9. The lowest BCUT2D eigenvalue weighted by molar-refractivity contribution is 0.157. The third-order valence-corrected chi connectivity index (χ3v) is 4.53. The molecule has 0 aromatic rings. The molecule has 2 aliphatic carbocycles. The van der Waals surface area contributed by atoms with E-state index in [1.54, 1.807) is 7.11 Å². The van der Waals surface area contributed by atoms with Crippen LogP contribution in [-0.2, 0) is 4.74 Å². The Hall–Kier alpha value is -0.120. The highest BCUT2D eigenvalue weighted by Crippen LogP contribution is 2.48. The van der Waals surface area contributed by atoms with Crippen molar-refractivity contribution in [3.8, 4) is 0 Å². The number of ether oxygens (including phenoxy) is 1. The van der Waals surface area contributed by atoms with E-state index in [0.29, 0.717) is 6.54 Å². The Bertz CT molecular complexity index is 226. The number of hydrogen-bond donors (Lipinski definition) is 2. The summed E-state index contributed by atoms with van der Waals surface area (Å²) in [5.41, 5.74) is 5.95. The molecule has 2 rings (SSSR count). The molecule has 0 saturated heterocycles. The highest BCUT2D eigenvalue weighted by molar-refractivity contribution is 4.94. The van der Waals surface area contributed by atoms with Crippen molar-refractivity contribution in [2.24, 2.45) is 23.5 Å². The van der Waals surface area contributed by atoms with Gasteiger partial charge in [-0.2, -0.15) is 0 Å². The van der Waals surface area contributed by atoms with E-state index < -0.39 is 0 Å². The summed E-state index contributed by atoms with van der Waals surface area (Å²) in [5.74, 6) is 2.95. The number of nitrogens with one attached hydrogen (secondary N) is 1. The molecular weight excluding hydrogens is 212 g/mol. The summed E-state index contributed by atoms with van der Waals surface area (Å²) in [6, 6.07) is 0. The van der Waals surface area contributed by atoms with Crippen molar-refractivity contribution in [3.63, 3.8) is 0 Å². The standard InChI is InChI=1S/C14H28N2O/c1-14(10-15,7-8-17-2)16-9-13(11-3-4-11)12-5-6-12/h11-13,16H,3-10,15H2,1-2H3. The summed E-state index contributed by atoms with van der Waals surface area (Å²) < 4.78 is 5.17. The van der Waals surface area contributed by atoms with E-state index >= 15 is 0 Å². The summed E-state index contributed by atoms with van der Waals surface area (Å²) in [6.45, 7) is 4.87. The first-order valence-electron chi connectivity index (χ1n) is 7.12. The van der Waals surface area contributed by atoms with Gasteiger partial charge in [-0.15, -0.1) is 0 Å². The average Bonchev–Trinajstić information content (AvgIpc) is 3.18. The smallest absolute Gasteiger partial charge is 0.0480 e. The van der Waals surface area contributed by atoms with Crippen LogP contribution in [0.2, 0.25) is 0 Å². The van der Waals surface area contributed by atoms with Gasteiger partial charge in [0.15, 0.2) is 0 Å². The van der Waals surface area contributed by atoms with Crippen LogP contribution in [0.1, 0.15) is 39.0 Å². The molecule has 0 amide bonds. The van der Waals surface area contributed by atoms with E-state index in [1.165, 1.54) is 25.7 Å². The van der Waals surface area contributed by atoms with Crippen LogP contribution < -0.4 is 11.1 Å². The van der Waals surface area contributed by atoms with Crippen molar-refractivity contribution in [1.82, 2.24) is 5.32 Å². The largest absolute Gasteiger partial charge is 0.385 e. The normalized spacial score (nSPS) is 24.0. The molecule has 2 saturated carbocycles. The van der Waals surface area contributed by atoms with Crippen LogP contribution in [0, 0.1) is 17.8 Å². The summed E-state index contributed by atoms with van der Waals surface area (Å²) in [4.78, 5) is 0. The quantitative estimate of drug-likeness (QED) is 0.645. The summed E-state index contributed by atoms with van der Waals surface area (Å²) >= 11 is 0.